The molecule has 0 unspecified atom stereocenters. The van der Waals surface area contributed by atoms with E-state index in [9.17, 15) is 0 Å². The Kier molecular flexibility index (Phi) is 2.74. The number of fused-ring (bicyclic) bond motifs is 1. The normalized spacial score (nSPS) is 10.2. The molecule has 92 valence electrons. The maximum Gasteiger partial charge on any atom is 0.178 e. The SMILES string of the molecule is Cc1ccc2oc(C#Cc3cccc(N)c3)cc2c1. The van der Waals surface area contributed by atoms with Crippen LogP contribution < -0.4 is 5.73 Å². The fourth-order valence-electron chi connectivity index (χ4n) is 1.97. The van der Waals surface area contributed by atoms with E-state index in [1.807, 2.05) is 42.5 Å². The van der Waals surface area contributed by atoms with Gasteiger partial charge >= 0.3 is 0 Å². The van der Waals surface area contributed by atoms with Crippen LogP contribution in [0.3, 0.4) is 0 Å². The highest BCUT2D eigenvalue weighted by atomic mass is 16.3. The molecule has 2 aromatic carbocycles. The highest BCUT2D eigenvalue weighted by molar-refractivity contribution is 5.79. The molecule has 3 rings (SSSR count). The lowest BCUT2D eigenvalue weighted by Gasteiger charge is -1.91. The zero-order valence-corrected chi connectivity index (χ0v) is 10.6. The molecule has 0 atom stereocenters. The van der Waals surface area contributed by atoms with Gasteiger partial charge in [0.2, 0.25) is 0 Å². The van der Waals surface area contributed by atoms with Crippen LogP contribution in [0.5, 0.6) is 0 Å². The molecule has 0 saturated carbocycles. The summed E-state index contributed by atoms with van der Waals surface area (Å²) in [6.07, 6.45) is 0. The molecule has 0 aliphatic heterocycles. The molecule has 0 radical (unpaired) electrons. The first-order valence-electron chi connectivity index (χ1n) is 6.08. The van der Waals surface area contributed by atoms with E-state index in [1.165, 1.54) is 5.56 Å². The fourth-order valence-corrected chi connectivity index (χ4v) is 1.97. The van der Waals surface area contributed by atoms with Crippen molar-refractivity contribution in [2.75, 3.05) is 5.73 Å². The Morgan fingerprint density at radius 3 is 2.74 bits per heavy atom. The average Bonchev–Trinajstić information content (AvgIpc) is 2.78. The summed E-state index contributed by atoms with van der Waals surface area (Å²) in [4.78, 5) is 0. The summed E-state index contributed by atoms with van der Waals surface area (Å²) in [6.45, 7) is 2.06. The van der Waals surface area contributed by atoms with Crippen LogP contribution in [0.4, 0.5) is 5.69 Å². The Labute approximate surface area is 111 Å². The van der Waals surface area contributed by atoms with Gasteiger partial charge in [-0.3, -0.25) is 0 Å². The summed E-state index contributed by atoms with van der Waals surface area (Å²) in [5.41, 5.74) is 9.39. The smallest absolute Gasteiger partial charge is 0.178 e. The van der Waals surface area contributed by atoms with Gasteiger partial charge in [-0.2, -0.15) is 0 Å². The van der Waals surface area contributed by atoms with Gasteiger partial charge in [0.15, 0.2) is 5.76 Å². The van der Waals surface area contributed by atoms with Crippen LogP contribution in [0.15, 0.2) is 52.9 Å². The van der Waals surface area contributed by atoms with Crippen molar-refractivity contribution in [1.82, 2.24) is 0 Å². The molecule has 0 bridgehead atoms. The van der Waals surface area contributed by atoms with E-state index in [0.717, 1.165) is 16.5 Å². The Morgan fingerprint density at radius 2 is 1.89 bits per heavy atom. The quantitative estimate of drug-likeness (QED) is 0.485. The molecule has 0 spiro atoms. The van der Waals surface area contributed by atoms with Gasteiger partial charge in [0.05, 0.1) is 0 Å². The highest BCUT2D eigenvalue weighted by Crippen LogP contribution is 2.20. The number of aryl methyl sites for hydroxylation is 1. The number of furan rings is 1. The van der Waals surface area contributed by atoms with Crippen LogP contribution >= 0.6 is 0 Å². The van der Waals surface area contributed by atoms with Crippen LogP contribution in [0.25, 0.3) is 11.0 Å². The van der Waals surface area contributed by atoms with Gasteiger partial charge in [-0.05, 0) is 43.2 Å². The number of hydrogen-bond donors (Lipinski definition) is 1. The lowest BCUT2D eigenvalue weighted by atomic mass is 10.2. The minimum Gasteiger partial charge on any atom is -0.448 e. The molecule has 2 heteroatoms. The number of rotatable bonds is 0. The van der Waals surface area contributed by atoms with E-state index < -0.39 is 0 Å². The van der Waals surface area contributed by atoms with Crippen LogP contribution in [0.2, 0.25) is 0 Å². The number of hydrogen-bond acceptors (Lipinski definition) is 2. The lowest BCUT2D eigenvalue weighted by molar-refractivity contribution is 0.601. The van der Waals surface area contributed by atoms with Crippen molar-refractivity contribution in [3.8, 4) is 11.8 Å². The first-order chi connectivity index (χ1) is 9.20. The first-order valence-corrected chi connectivity index (χ1v) is 6.08. The third-order valence-corrected chi connectivity index (χ3v) is 2.89. The van der Waals surface area contributed by atoms with Crippen molar-refractivity contribution >= 4 is 16.7 Å². The number of nitrogen functional groups attached to an aromatic ring is 1. The van der Waals surface area contributed by atoms with E-state index in [4.69, 9.17) is 10.2 Å². The Balaban J connectivity index is 1.98. The maximum absolute atomic E-state index is 5.71. The van der Waals surface area contributed by atoms with E-state index in [1.54, 1.807) is 0 Å². The third kappa shape index (κ3) is 2.46. The predicted octanol–water partition coefficient (Wildman–Crippen LogP) is 3.72. The molecule has 2 nitrogen and oxygen atoms in total. The number of benzene rings is 2. The second-order valence-corrected chi connectivity index (χ2v) is 4.53. The van der Waals surface area contributed by atoms with E-state index in [-0.39, 0.29) is 0 Å². The molecule has 3 aromatic rings. The number of anilines is 1. The molecule has 0 saturated heterocycles. The minimum atomic E-state index is 0.669. The van der Waals surface area contributed by atoms with Crippen molar-refractivity contribution in [3.63, 3.8) is 0 Å². The summed E-state index contributed by atoms with van der Waals surface area (Å²) in [5.74, 6) is 6.75. The average molecular weight is 247 g/mol. The largest absolute Gasteiger partial charge is 0.448 e. The molecule has 1 heterocycles. The molecule has 0 fully saturated rings. The lowest BCUT2D eigenvalue weighted by Crippen LogP contribution is -1.84. The summed E-state index contributed by atoms with van der Waals surface area (Å²) >= 11 is 0. The van der Waals surface area contributed by atoms with Crippen LogP contribution in [0.1, 0.15) is 16.9 Å². The molecule has 0 amide bonds. The monoisotopic (exact) mass is 247 g/mol. The minimum absolute atomic E-state index is 0.669. The van der Waals surface area contributed by atoms with E-state index in [2.05, 4.69) is 24.8 Å². The zero-order valence-electron chi connectivity index (χ0n) is 10.6. The molecule has 0 aliphatic carbocycles. The summed E-state index contributed by atoms with van der Waals surface area (Å²) < 4.78 is 5.67. The Hall–Kier alpha value is -2.66. The highest BCUT2D eigenvalue weighted by Gasteiger charge is 2.00. The van der Waals surface area contributed by atoms with Crippen LogP contribution in [-0.2, 0) is 0 Å². The standard InChI is InChI=1S/C17H13NO/c1-12-5-8-17-14(9-12)11-16(19-17)7-6-13-3-2-4-15(18)10-13/h2-5,8-11H,18H2,1H3. The van der Waals surface area contributed by atoms with Crippen molar-refractivity contribution in [1.29, 1.82) is 0 Å². The third-order valence-electron chi connectivity index (χ3n) is 2.89. The molecule has 2 N–H and O–H groups in total. The van der Waals surface area contributed by atoms with Crippen molar-refractivity contribution < 1.29 is 4.42 Å². The second kappa shape index (κ2) is 4.55. The van der Waals surface area contributed by atoms with Gasteiger partial charge in [-0.1, -0.05) is 23.6 Å². The van der Waals surface area contributed by atoms with E-state index in [0.29, 0.717) is 11.4 Å². The summed E-state index contributed by atoms with van der Waals surface area (Å²) in [7, 11) is 0. The van der Waals surface area contributed by atoms with Gasteiger partial charge in [0.25, 0.3) is 0 Å². The van der Waals surface area contributed by atoms with Crippen molar-refractivity contribution in [2.45, 2.75) is 6.92 Å². The molecular formula is C17H13NO. The van der Waals surface area contributed by atoms with Crippen molar-refractivity contribution in [3.05, 3.63) is 65.4 Å². The zero-order chi connectivity index (χ0) is 13.2. The predicted molar refractivity (Wildman–Crippen MR) is 77.8 cm³/mol. The van der Waals surface area contributed by atoms with Gasteiger partial charge < -0.3 is 10.2 Å². The van der Waals surface area contributed by atoms with E-state index >= 15 is 0 Å². The Morgan fingerprint density at radius 1 is 1.00 bits per heavy atom. The summed E-state index contributed by atoms with van der Waals surface area (Å²) in [6, 6.07) is 15.6. The first kappa shape index (κ1) is 11.4. The molecule has 1 aromatic heterocycles. The molecular weight excluding hydrogens is 234 g/mol. The second-order valence-electron chi connectivity index (χ2n) is 4.53. The van der Waals surface area contributed by atoms with Gasteiger partial charge in [-0.25, -0.2) is 0 Å². The Bertz CT molecular complexity index is 803. The van der Waals surface area contributed by atoms with Crippen LogP contribution in [0, 0.1) is 18.8 Å². The van der Waals surface area contributed by atoms with Gasteiger partial charge in [0.1, 0.15) is 5.58 Å². The van der Waals surface area contributed by atoms with Crippen molar-refractivity contribution in [2.24, 2.45) is 0 Å². The summed E-state index contributed by atoms with van der Waals surface area (Å²) in [5, 5.41) is 1.08. The van der Waals surface area contributed by atoms with Gasteiger partial charge in [-0.15, -0.1) is 0 Å². The topological polar surface area (TPSA) is 39.2 Å². The van der Waals surface area contributed by atoms with Gasteiger partial charge in [0, 0.05) is 22.7 Å². The maximum atomic E-state index is 5.71. The van der Waals surface area contributed by atoms with Crippen LogP contribution in [-0.4, -0.2) is 0 Å². The number of nitrogens with two attached hydrogens (primary N) is 1. The molecule has 19 heavy (non-hydrogen) atoms. The molecule has 0 aliphatic rings. The fraction of sp³-hybridized carbons (Fsp3) is 0.0588.